The van der Waals surface area contributed by atoms with E-state index in [-0.39, 0.29) is 6.09 Å². The molecule has 2 N–H and O–H groups in total. The lowest BCUT2D eigenvalue weighted by atomic mass is 9.99. The van der Waals surface area contributed by atoms with Crippen LogP contribution in [0, 0.1) is 5.92 Å². The van der Waals surface area contributed by atoms with Gasteiger partial charge in [0.15, 0.2) is 0 Å². The molecule has 0 aliphatic rings. The van der Waals surface area contributed by atoms with Gasteiger partial charge in [0.25, 0.3) is 0 Å². The number of hydrogen-bond donors (Lipinski definition) is 2. The molecule has 0 aliphatic carbocycles. The summed E-state index contributed by atoms with van der Waals surface area (Å²) in [5.74, 6) is 0.786. The van der Waals surface area contributed by atoms with Crippen LogP contribution in [0.15, 0.2) is 0 Å². The van der Waals surface area contributed by atoms with Gasteiger partial charge in [-0.2, -0.15) is 0 Å². The highest BCUT2D eigenvalue weighted by molar-refractivity contribution is 5.67. The molecule has 0 radical (unpaired) electrons. The molecule has 1 amide bonds. The second-order valence-corrected chi connectivity index (χ2v) is 6.40. The first kappa shape index (κ1) is 19.2. The van der Waals surface area contributed by atoms with Crippen LogP contribution in [0.5, 0.6) is 0 Å². The fraction of sp³-hybridized carbons (Fsp3) is 0.938. The lowest BCUT2D eigenvalue weighted by Gasteiger charge is -2.19. The van der Waals surface area contributed by atoms with Gasteiger partial charge in [0, 0.05) is 6.54 Å². The minimum atomic E-state index is -0.421. The number of nitrogens with one attached hydrogen (secondary N) is 2. The van der Waals surface area contributed by atoms with E-state index in [0.29, 0.717) is 6.54 Å². The van der Waals surface area contributed by atoms with Crippen molar-refractivity contribution in [2.24, 2.45) is 5.92 Å². The minimum Gasteiger partial charge on any atom is -0.444 e. The van der Waals surface area contributed by atoms with Crippen LogP contribution in [-0.4, -0.2) is 31.3 Å². The average molecular weight is 286 g/mol. The van der Waals surface area contributed by atoms with Crippen LogP contribution in [-0.2, 0) is 4.74 Å². The van der Waals surface area contributed by atoms with Crippen molar-refractivity contribution in [2.45, 2.75) is 72.3 Å². The molecule has 4 heteroatoms. The number of amides is 1. The molecule has 0 fully saturated rings. The van der Waals surface area contributed by atoms with Gasteiger partial charge in [0.2, 0.25) is 0 Å². The summed E-state index contributed by atoms with van der Waals surface area (Å²) in [5, 5.41) is 6.25. The van der Waals surface area contributed by atoms with Gasteiger partial charge in [-0.05, 0) is 52.6 Å². The van der Waals surface area contributed by atoms with Gasteiger partial charge in [-0.3, -0.25) is 0 Å². The zero-order chi connectivity index (χ0) is 15.4. The number of unbranched alkanes of at least 4 members (excludes halogenated alkanes) is 1. The van der Waals surface area contributed by atoms with Crippen molar-refractivity contribution >= 4 is 6.09 Å². The minimum absolute atomic E-state index is 0.327. The highest BCUT2D eigenvalue weighted by Crippen LogP contribution is 2.11. The van der Waals surface area contributed by atoms with Gasteiger partial charge in [0.05, 0.1) is 0 Å². The molecule has 20 heavy (non-hydrogen) atoms. The Labute approximate surface area is 125 Å². The second kappa shape index (κ2) is 11.0. The Morgan fingerprint density at radius 3 is 2.40 bits per heavy atom. The quantitative estimate of drug-likeness (QED) is 0.602. The van der Waals surface area contributed by atoms with Crippen LogP contribution < -0.4 is 10.6 Å². The molecule has 0 aromatic rings. The van der Waals surface area contributed by atoms with Gasteiger partial charge in [-0.15, -0.1) is 0 Å². The highest BCUT2D eigenvalue weighted by atomic mass is 16.6. The molecule has 1 atom stereocenters. The van der Waals surface area contributed by atoms with Gasteiger partial charge in [-0.25, -0.2) is 4.79 Å². The van der Waals surface area contributed by atoms with Gasteiger partial charge >= 0.3 is 6.09 Å². The Kier molecular flexibility index (Phi) is 10.5. The van der Waals surface area contributed by atoms with Crippen molar-refractivity contribution in [1.29, 1.82) is 0 Å². The molecule has 1 unspecified atom stereocenters. The first-order valence-corrected chi connectivity index (χ1v) is 8.06. The molecule has 0 saturated carbocycles. The number of alkyl carbamates (subject to hydrolysis) is 1. The molecule has 0 heterocycles. The van der Waals surface area contributed by atoms with E-state index in [0.717, 1.165) is 25.4 Å². The summed E-state index contributed by atoms with van der Waals surface area (Å²) in [6, 6.07) is 0. The van der Waals surface area contributed by atoms with E-state index in [4.69, 9.17) is 4.74 Å². The average Bonchev–Trinajstić information content (AvgIpc) is 2.35. The summed E-state index contributed by atoms with van der Waals surface area (Å²) in [7, 11) is 0. The number of carbonyl (C=O) groups excluding carboxylic acids is 1. The second-order valence-electron chi connectivity index (χ2n) is 6.40. The molecular weight excluding hydrogens is 252 g/mol. The molecule has 0 aromatic carbocycles. The maximum Gasteiger partial charge on any atom is 0.407 e. The Morgan fingerprint density at radius 1 is 1.15 bits per heavy atom. The van der Waals surface area contributed by atoms with Crippen molar-refractivity contribution in [1.82, 2.24) is 10.6 Å². The molecule has 0 bridgehead atoms. The molecule has 0 aromatic heterocycles. The summed E-state index contributed by atoms with van der Waals surface area (Å²) in [6.45, 7) is 12.8. The van der Waals surface area contributed by atoms with E-state index < -0.39 is 5.60 Å². The Hall–Kier alpha value is -0.770. The van der Waals surface area contributed by atoms with Crippen LogP contribution in [0.1, 0.15) is 66.7 Å². The van der Waals surface area contributed by atoms with Crippen molar-refractivity contribution in [3.05, 3.63) is 0 Å². The van der Waals surface area contributed by atoms with E-state index in [1.165, 1.54) is 25.7 Å². The molecule has 0 rings (SSSR count). The number of hydrogen-bond acceptors (Lipinski definition) is 3. The predicted octanol–water partition coefficient (Wildman–Crippen LogP) is 3.71. The highest BCUT2D eigenvalue weighted by Gasteiger charge is 2.15. The number of ether oxygens (including phenoxy) is 1. The lowest BCUT2D eigenvalue weighted by Crippen LogP contribution is -2.34. The standard InChI is InChI=1S/C16H34N2O2/c1-6-8-10-14(7-2)13-17-11-9-12-18-15(19)20-16(3,4)5/h14,17H,6-13H2,1-5H3,(H,18,19). The summed E-state index contributed by atoms with van der Waals surface area (Å²) in [5.41, 5.74) is -0.421. The molecule has 0 spiro atoms. The largest absolute Gasteiger partial charge is 0.444 e. The molecule has 0 aliphatic heterocycles. The molecular formula is C16H34N2O2. The van der Waals surface area contributed by atoms with Gasteiger partial charge < -0.3 is 15.4 Å². The first-order valence-electron chi connectivity index (χ1n) is 8.06. The number of rotatable bonds is 10. The fourth-order valence-electron chi connectivity index (χ4n) is 1.97. The van der Waals surface area contributed by atoms with Crippen molar-refractivity contribution in [2.75, 3.05) is 19.6 Å². The third-order valence-corrected chi connectivity index (χ3v) is 3.17. The third kappa shape index (κ3) is 12.3. The Morgan fingerprint density at radius 2 is 1.85 bits per heavy atom. The zero-order valence-electron chi connectivity index (χ0n) is 14.1. The Balaban J connectivity index is 3.50. The van der Waals surface area contributed by atoms with Crippen LogP contribution in [0.2, 0.25) is 0 Å². The van der Waals surface area contributed by atoms with E-state index in [9.17, 15) is 4.79 Å². The van der Waals surface area contributed by atoms with Crippen molar-refractivity contribution < 1.29 is 9.53 Å². The van der Waals surface area contributed by atoms with Crippen LogP contribution in [0.4, 0.5) is 4.79 Å². The van der Waals surface area contributed by atoms with Crippen molar-refractivity contribution in [3.63, 3.8) is 0 Å². The van der Waals surface area contributed by atoms with E-state index in [1.807, 2.05) is 20.8 Å². The monoisotopic (exact) mass is 286 g/mol. The normalized spacial score (nSPS) is 13.1. The summed E-state index contributed by atoms with van der Waals surface area (Å²) in [6.07, 6.45) is 5.76. The maximum atomic E-state index is 11.4. The van der Waals surface area contributed by atoms with E-state index >= 15 is 0 Å². The van der Waals surface area contributed by atoms with Crippen molar-refractivity contribution in [3.8, 4) is 0 Å². The van der Waals surface area contributed by atoms with Gasteiger partial charge in [-0.1, -0.05) is 33.1 Å². The smallest absolute Gasteiger partial charge is 0.407 e. The SMILES string of the molecule is CCCCC(CC)CNCCCNC(=O)OC(C)(C)C. The summed E-state index contributed by atoms with van der Waals surface area (Å²) >= 11 is 0. The van der Waals surface area contributed by atoms with Crippen LogP contribution >= 0.6 is 0 Å². The van der Waals surface area contributed by atoms with E-state index in [1.54, 1.807) is 0 Å². The number of carbonyl (C=O) groups is 1. The van der Waals surface area contributed by atoms with Crippen LogP contribution in [0.25, 0.3) is 0 Å². The lowest BCUT2D eigenvalue weighted by molar-refractivity contribution is 0.0527. The molecule has 120 valence electrons. The van der Waals surface area contributed by atoms with E-state index in [2.05, 4.69) is 24.5 Å². The summed E-state index contributed by atoms with van der Waals surface area (Å²) in [4.78, 5) is 11.4. The zero-order valence-corrected chi connectivity index (χ0v) is 14.1. The Bertz CT molecular complexity index is 249. The van der Waals surface area contributed by atoms with Crippen LogP contribution in [0.3, 0.4) is 0 Å². The summed E-state index contributed by atoms with van der Waals surface area (Å²) < 4.78 is 5.17. The molecule has 4 nitrogen and oxygen atoms in total. The topological polar surface area (TPSA) is 50.4 Å². The predicted molar refractivity (Wildman–Crippen MR) is 85.0 cm³/mol. The first-order chi connectivity index (χ1) is 9.39. The molecule has 0 saturated heterocycles. The third-order valence-electron chi connectivity index (χ3n) is 3.17. The van der Waals surface area contributed by atoms with Gasteiger partial charge in [0.1, 0.15) is 5.60 Å². The fourth-order valence-corrected chi connectivity index (χ4v) is 1.97. The maximum absolute atomic E-state index is 11.4.